The SMILES string of the molecule is COC(=O)N[C@H](C(=O)N1CCC[C@H]1c1ncc(C2=CC[C@@H]3NC([C@H]4C(F)=C[C@@H](/C=C/N=C(\N)[C@@H]5CCCN5CC(C)C)CC4OCc4ccc(C)s4)=C[C@@H]3C2)[nH]1)C1CCOCC1. The van der Waals surface area contributed by atoms with Crippen LogP contribution in [0, 0.1) is 36.5 Å². The third kappa shape index (κ3) is 10.2. The number of methoxy groups -OCH3 is 1. The number of aryl methyl sites for hydroxylation is 1. The minimum Gasteiger partial charge on any atom is -0.453 e. The van der Waals surface area contributed by atoms with Gasteiger partial charge in [0.25, 0.3) is 0 Å². The number of amides is 2. The average molecular weight is 873 g/mol. The summed E-state index contributed by atoms with van der Waals surface area (Å²) in [6.45, 7) is 10.7. The summed E-state index contributed by atoms with van der Waals surface area (Å²) in [4.78, 5) is 46.1. The van der Waals surface area contributed by atoms with Crippen molar-refractivity contribution in [3.63, 3.8) is 0 Å². The topological polar surface area (TPSA) is 159 Å². The minimum atomic E-state index is -0.688. The molecule has 336 valence electrons. The number of fused-ring (bicyclic) bond motifs is 1. The van der Waals surface area contributed by atoms with E-state index in [0.717, 1.165) is 79.3 Å². The number of carbonyl (C=O) groups is 2. The van der Waals surface area contributed by atoms with Crippen molar-refractivity contribution in [2.75, 3.05) is 40.0 Å². The van der Waals surface area contributed by atoms with Crippen molar-refractivity contribution in [3.8, 4) is 0 Å². The van der Waals surface area contributed by atoms with E-state index in [-0.39, 0.29) is 53.7 Å². The number of aliphatic imine (C=N–C) groups is 1. The maximum atomic E-state index is 16.5. The molecule has 0 bridgehead atoms. The zero-order valence-electron chi connectivity index (χ0n) is 36.7. The number of halogens is 1. The predicted octanol–water partition coefficient (Wildman–Crippen LogP) is 7.31. The third-order valence-corrected chi connectivity index (χ3v) is 14.5. The molecule has 1 unspecified atom stereocenters. The number of allylic oxidation sites excluding steroid dienone is 3. The number of nitrogens with zero attached hydrogens (tertiary/aromatic N) is 4. The Morgan fingerprint density at radius 3 is 2.76 bits per heavy atom. The van der Waals surface area contributed by atoms with E-state index in [4.69, 9.17) is 24.9 Å². The molecule has 5 N–H and O–H groups in total. The Morgan fingerprint density at radius 1 is 1.16 bits per heavy atom. The van der Waals surface area contributed by atoms with E-state index in [2.05, 4.69) is 70.6 Å². The summed E-state index contributed by atoms with van der Waals surface area (Å²) in [5, 5.41) is 6.56. The molecule has 2 amide bonds. The number of alkyl carbamates (subject to hydrolysis) is 1. The summed E-state index contributed by atoms with van der Waals surface area (Å²) in [5.74, 6) is 1.06. The molecule has 4 aliphatic heterocycles. The van der Waals surface area contributed by atoms with E-state index in [0.29, 0.717) is 57.4 Å². The second-order valence-corrected chi connectivity index (χ2v) is 19.7. The molecule has 2 aromatic heterocycles. The fourth-order valence-electron chi connectivity index (χ4n) is 10.5. The number of imidazole rings is 1. The standard InChI is InChI=1S/C47H65FN8O5S/c1-28(2)26-55-17-5-7-39(55)44(49)50-16-13-30-21-35(48)42(41(22-30)61-27-34-11-9-29(3)62-34)37-24-33-23-32(10-12-36(33)52-37)38-25-51-45(53-38)40-8-6-18-56(40)46(57)43(54-47(58)59-4)31-14-19-60-20-15-31/h9-11,13,16,21,24-25,28,30-31,33,36,39-43,52H,5-8,12,14-15,17-20,22-23,26-27H2,1-4H3,(H2,49,50)(H,51,53)(H,54,58)/b16-13+/t30-,33+,36+,39+,40+,41?,42-,43+/m1/s1. The number of thiophene rings is 1. The van der Waals surface area contributed by atoms with Crippen LogP contribution in [-0.2, 0) is 25.6 Å². The number of aromatic nitrogens is 2. The summed E-state index contributed by atoms with van der Waals surface area (Å²) in [5.41, 5.74) is 9.50. The van der Waals surface area contributed by atoms with Gasteiger partial charge >= 0.3 is 6.09 Å². The second-order valence-electron chi connectivity index (χ2n) is 18.4. The van der Waals surface area contributed by atoms with Crippen molar-refractivity contribution >= 4 is 34.7 Å². The van der Waals surface area contributed by atoms with Gasteiger partial charge in [-0.15, -0.1) is 11.3 Å². The van der Waals surface area contributed by atoms with Gasteiger partial charge in [0.1, 0.15) is 23.5 Å². The number of amidine groups is 1. The van der Waals surface area contributed by atoms with Crippen LogP contribution in [0.1, 0.15) is 98.9 Å². The number of nitrogens with two attached hydrogens (primary N) is 1. The molecule has 13 nitrogen and oxygen atoms in total. The highest BCUT2D eigenvalue weighted by Gasteiger charge is 2.43. The maximum absolute atomic E-state index is 16.5. The molecule has 6 aliphatic rings. The van der Waals surface area contributed by atoms with Crippen LogP contribution in [0.2, 0.25) is 0 Å². The molecule has 2 aromatic rings. The van der Waals surface area contributed by atoms with Crippen LogP contribution >= 0.6 is 11.3 Å². The maximum Gasteiger partial charge on any atom is 0.407 e. The minimum absolute atomic E-state index is 0.0304. The molecule has 0 aromatic carbocycles. The molecular formula is C47H65FN8O5S. The molecule has 8 atom stereocenters. The first kappa shape index (κ1) is 44.3. The van der Waals surface area contributed by atoms with Gasteiger partial charge in [-0.1, -0.05) is 32.1 Å². The summed E-state index contributed by atoms with van der Waals surface area (Å²) in [7, 11) is 1.32. The van der Waals surface area contributed by atoms with E-state index >= 15 is 4.39 Å². The van der Waals surface area contributed by atoms with Gasteiger partial charge in [0.2, 0.25) is 5.91 Å². The Bertz CT molecular complexity index is 2050. The van der Waals surface area contributed by atoms with Gasteiger partial charge in [0.05, 0.1) is 49.7 Å². The van der Waals surface area contributed by atoms with Crippen LogP contribution < -0.4 is 16.4 Å². The van der Waals surface area contributed by atoms with E-state index in [1.54, 1.807) is 23.6 Å². The zero-order chi connectivity index (χ0) is 43.3. The quantitative estimate of drug-likeness (QED) is 0.113. The number of ether oxygens (including phenoxy) is 3. The molecule has 15 heteroatoms. The lowest BCUT2D eigenvalue weighted by Crippen LogP contribution is -2.53. The van der Waals surface area contributed by atoms with Gasteiger partial charge < -0.3 is 40.5 Å². The Balaban J connectivity index is 0.949. The summed E-state index contributed by atoms with van der Waals surface area (Å²) in [6, 6.07) is 3.58. The van der Waals surface area contributed by atoms with Crippen molar-refractivity contribution in [2.24, 2.45) is 40.3 Å². The third-order valence-electron chi connectivity index (χ3n) is 13.6. The Labute approximate surface area is 369 Å². The number of likely N-dealkylation sites (tertiary alicyclic amines) is 2. The van der Waals surface area contributed by atoms with Gasteiger partial charge in [-0.05, 0) is 107 Å². The van der Waals surface area contributed by atoms with Crippen molar-refractivity contribution in [2.45, 2.75) is 115 Å². The molecule has 2 aliphatic carbocycles. The predicted molar refractivity (Wildman–Crippen MR) is 239 cm³/mol. The van der Waals surface area contributed by atoms with Crippen molar-refractivity contribution < 1.29 is 28.2 Å². The van der Waals surface area contributed by atoms with E-state index in [9.17, 15) is 9.59 Å². The number of H-pyrrole nitrogens is 1. The van der Waals surface area contributed by atoms with Crippen LogP contribution in [0.5, 0.6) is 0 Å². The Kier molecular flexibility index (Phi) is 14.3. The first-order chi connectivity index (χ1) is 30.0. The number of rotatable bonds is 14. The van der Waals surface area contributed by atoms with Crippen LogP contribution in [0.25, 0.3) is 5.57 Å². The lowest BCUT2D eigenvalue weighted by atomic mass is 9.82. The first-order valence-corrected chi connectivity index (χ1v) is 23.6. The molecule has 3 fully saturated rings. The van der Waals surface area contributed by atoms with E-state index in [1.807, 2.05) is 17.2 Å². The molecule has 0 spiro atoms. The molecular weight excluding hydrogens is 808 g/mol. The normalized spacial score (nSPS) is 29.1. The Hall–Kier alpha value is -4.31. The second kappa shape index (κ2) is 20.0. The number of aromatic amines is 1. The largest absolute Gasteiger partial charge is 0.453 e. The van der Waals surface area contributed by atoms with Crippen LogP contribution in [0.4, 0.5) is 9.18 Å². The first-order valence-electron chi connectivity index (χ1n) is 22.8. The monoisotopic (exact) mass is 872 g/mol. The molecule has 0 radical (unpaired) electrons. The van der Waals surface area contributed by atoms with E-state index in [1.165, 1.54) is 12.0 Å². The fourth-order valence-corrected chi connectivity index (χ4v) is 11.3. The van der Waals surface area contributed by atoms with Crippen molar-refractivity contribution in [1.29, 1.82) is 0 Å². The fraction of sp³-hybridized carbons (Fsp3) is 0.617. The van der Waals surface area contributed by atoms with Gasteiger partial charge in [0, 0.05) is 65.8 Å². The molecule has 8 rings (SSSR count). The molecule has 3 saturated heterocycles. The number of nitrogens with one attached hydrogen (secondary N) is 3. The number of hydrogen-bond acceptors (Lipinski definition) is 10. The summed E-state index contributed by atoms with van der Waals surface area (Å²) < 4.78 is 33.6. The zero-order valence-corrected chi connectivity index (χ0v) is 37.5. The Morgan fingerprint density at radius 2 is 1.98 bits per heavy atom. The molecule has 0 saturated carbocycles. The average Bonchev–Trinajstić information content (AvgIpc) is 4.12. The van der Waals surface area contributed by atoms with Gasteiger partial charge in [0.15, 0.2) is 0 Å². The van der Waals surface area contributed by atoms with Crippen molar-refractivity contribution in [3.05, 3.63) is 81.6 Å². The number of carbonyl (C=O) groups excluding carboxylic acids is 2. The van der Waals surface area contributed by atoms with Crippen LogP contribution in [0.15, 0.2) is 65.3 Å². The van der Waals surface area contributed by atoms with E-state index < -0.39 is 18.1 Å². The van der Waals surface area contributed by atoms with Gasteiger partial charge in [-0.2, -0.15) is 0 Å². The lowest BCUT2D eigenvalue weighted by molar-refractivity contribution is -0.136. The highest BCUT2D eigenvalue weighted by Crippen LogP contribution is 2.43. The smallest absolute Gasteiger partial charge is 0.407 e. The van der Waals surface area contributed by atoms with Gasteiger partial charge in [-0.3, -0.25) is 9.69 Å². The summed E-state index contributed by atoms with van der Waals surface area (Å²) in [6.07, 6.45) is 18.2. The number of hydrogen-bond donors (Lipinski definition) is 4. The highest BCUT2D eigenvalue weighted by molar-refractivity contribution is 7.11. The highest BCUT2D eigenvalue weighted by atomic mass is 32.1. The lowest BCUT2D eigenvalue weighted by Gasteiger charge is -2.34. The summed E-state index contributed by atoms with van der Waals surface area (Å²) >= 11 is 1.71. The van der Waals surface area contributed by atoms with Gasteiger partial charge in [-0.25, -0.2) is 19.2 Å². The van der Waals surface area contributed by atoms with Crippen LogP contribution in [-0.4, -0.2) is 102 Å². The van der Waals surface area contributed by atoms with Crippen LogP contribution in [0.3, 0.4) is 0 Å². The van der Waals surface area contributed by atoms with Crippen molar-refractivity contribution in [1.82, 2.24) is 30.4 Å². The molecule has 6 heterocycles. The molecule has 62 heavy (non-hydrogen) atoms.